The summed E-state index contributed by atoms with van der Waals surface area (Å²) < 4.78 is 1.69. The molecule has 5 rings (SSSR count). The molecule has 4 heterocycles. The van der Waals surface area contributed by atoms with Crippen molar-refractivity contribution in [1.82, 2.24) is 29.7 Å². The van der Waals surface area contributed by atoms with Crippen molar-refractivity contribution < 1.29 is 0 Å². The smallest absolute Gasteiger partial charge is 0.268 e. The zero-order valence-electron chi connectivity index (χ0n) is 23.4. The Hall–Kier alpha value is -4.26. The first kappa shape index (κ1) is 27.3. The molecule has 0 saturated carbocycles. The van der Waals surface area contributed by atoms with E-state index in [1.54, 1.807) is 30.0 Å². The number of aromatic nitrogens is 4. The van der Waals surface area contributed by atoms with Gasteiger partial charge in [0.05, 0.1) is 12.1 Å². The van der Waals surface area contributed by atoms with Crippen LogP contribution in [0.3, 0.4) is 0 Å². The van der Waals surface area contributed by atoms with Crippen molar-refractivity contribution in [3.05, 3.63) is 82.0 Å². The number of hydrogen-bond donors (Lipinski definition) is 3. The highest BCUT2D eigenvalue weighted by atomic mass is 16.1. The average molecular weight is 537 g/mol. The van der Waals surface area contributed by atoms with Gasteiger partial charge in [-0.2, -0.15) is 4.98 Å². The molecule has 3 aromatic heterocycles. The van der Waals surface area contributed by atoms with Gasteiger partial charge in [-0.15, -0.1) is 5.92 Å². The molecule has 1 aliphatic heterocycles. The largest absolute Gasteiger partial charge is 0.382 e. The molecule has 0 spiro atoms. The fraction of sp³-hybridized carbons (Fsp3) is 0.355. The molecule has 9 heteroatoms. The highest BCUT2D eigenvalue weighted by molar-refractivity contribution is 5.77. The van der Waals surface area contributed by atoms with Gasteiger partial charge in [-0.1, -0.05) is 5.92 Å². The molecule has 1 aliphatic rings. The Morgan fingerprint density at radius 1 is 1.05 bits per heavy atom. The molecule has 1 saturated heterocycles. The van der Waals surface area contributed by atoms with E-state index in [0.29, 0.717) is 29.7 Å². The number of hydrogen-bond acceptors (Lipinski definition) is 8. The number of nitrogens with zero attached hydrogens (tertiary/aromatic N) is 5. The minimum atomic E-state index is -0.174. The predicted molar refractivity (Wildman–Crippen MR) is 161 cm³/mol. The Morgan fingerprint density at radius 2 is 1.82 bits per heavy atom. The van der Waals surface area contributed by atoms with Crippen LogP contribution in [-0.4, -0.2) is 64.2 Å². The van der Waals surface area contributed by atoms with Gasteiger partial charge in [-0.25, -0.2) is 4.98 Å². The molecule has 0 unspecified atom stereocenters. The average Bonchev–Trinajstić information content (AvgIpc) is 2.97. The monoisotopic (exact) mass is 536 g/mol. The van der Waals surface area contributed by atoms with Gasteiger partial charge in [0.25, 0.3) is 5.56 Å². The van der Waals surface area contributed by atoms with Crippen LogP contribution in [0.2, 0.25) is 0 Å². The lowest BCUT2D eigenvalue weighted by molar-refractivity contribution is 0.264. The summed E-state index contributed by atoms with van der Waals surface area (Å²) in [5.74, 6) is 6.23. The van der Waals surface area contributed by atoms with Crippen molar-refractivity contribution in [2.24, 2.45) is 0 Å². The first-order chi connectivity index (χ1) is 19.5. The van der Waals surface area contributed by atoms with E-state index >= 15 is 0 Å². The molecule has 0 radical (unpaired) electrons. The van der Waals surface area contributed by atoms with E-state index in [1.165, 1.54) is 0 Å². The molecule has 1 aromatic carbocycles. The summed E-state index contributed by atoms with van der Waals surface area (Å²) in [6, 6.07) is 12.4. The van der Waals surface area contributed by atoms with Gasteiger partial charge >= 0.3 is 0 Å². The predicted octanol–water partition coefficient (Wildman–Crippen LogP) is 3.62. The van der Waals surface area contributed by atoms with Crippen LogP contribution in [0.4, 0.5) is 17.3 Å². The van der Waals surface area contributed by atoms with Crippen molar-refractivity contribution >= 4 is 28.4 Å². The lowest BCUT2D eigenvalue weighted by Gasteiger charge is -2.30. The highest BCUT2D eigenvalue weighted by Gasteiger charge is 2.17. The molecule has 0 aliphatic carbocycles. The molecule has 40 heavy (non-hydrogen) atoms. The first-order valence-corrected chi connectivity index (χ1v) is 13.8. The van der Waals surface area contributed by atoms with Crippen LogP contribution in [0.15, 0.2) is 59.8 Å². The normalized spacial score (nSPS) is 14.1. The Labute approximate surface area is 235 Å². The summed E-state index contributed by atoms with van der Waals surface area (Å²) in [7, 11) is 4.09. The number of fused-ring (bicyclic) bond motifs is 1. The van der Waals surface area contributed by atoms with Crippen LogP contribution >= 0.6 is 0 Å². The number of likely N-dealkylation sites (tertiary alicyclic amines) is 1. The Kier molecular flexibility index (Phi) is 8.69. The second kappa shape index (κ2) is 12.7. The maximum Gasteiger partial charge on any atom is 0.268 e. The van der Waals surface area contributed by atoms with Gasteiger partial charge in [0, 0.05) is 41.4 Å². The summed E-state index contributed by atoms with van der Waals surface area (Å²) in [6.07, 6.45) is 8.46. The lowest BCUT2D eigenvalue weighted by atomic mass is 10.1. The fourth-order valence-corrected chi connectivity index (χ4v) is 5.02. The molecule has 9 nitrogen and oxygen atoms in total. The zero-order chi connectivity index (χ0) is 27.9. The van der Waals surface area contributed by atoms with E-state index < -0.39 is 0 Å². The highest BCUT2D eigenvalue weighted by Crippen LogP contribution is 2.22. The third-order valence-corrected chi connectivity index (χ3v) is 7.29. The van der Waals surface area contributed by atoms with Crippen LogP contribution in [0, 0.1) is 11.8 Å². The van der Waals surface area contributed by atoms with Crippen molar-refractivity contribution in [2.75, 3.05) is 44.4 Å². The summed E-state index contributed by atoms with van der Waals surface area (Å²) in [4.78, 5) is 29.5. The minimum absolute atomic E-state index is 0.174. The molecule has 3 N–H and O–H groups in total. The maximum atomic E-state index is 13.5. The van der Waals surface area contributed by atoms with Crippen molar-refractivity contribution in [1.29, 1.82) is 0 Å². The van der Waals surface area contributed by atoms with Crippen molar-refractivity contribution in [3.8, 4) is 11.8 Å². The van der Waals surface area contributed by atoms with E-state index in [2.05, 4.69) is 61.8 Å². The SMILES string of the molecule is CC#Cc1cc2cnc(Nc3ccc(NC4CCN(C)CC4)cc3)nc2n(Cc2ccncc2CCNC)c1=O. The molecule has 0 atom stereocenters. The summed E-state index contributed by atoms with van der Waals surface area (Å²) >= 11 is 0. The van der Waals surface area contributed by atoms with Gasteiger partial charge in [0.15, 0.2) is 0 Å². The quantitative estimate of drug-likeness (QED) is 0.279. The number of benzene rings is 1. The summed E-state index contributed by atoms with van der Waals surface area (Å²) in [6.45, 7) is 5.14. The second-order valence-corrected chi connectivity index (χ2v) is 10.2. The third kappa shape index (κ3) is 6.47. The number of rotatable bonds is 9. The zero-order valence-corrected chi connectivity index (χ0v) is 23.4. The van der Waals surface area contributed by atoms with E-state index in [0.717, 1.165) is 66.8 Å². The fourth-order valence-electron chi connectivity index (χ4n) is 5.02. The van der Waals surface area contributed by atoms with Gasteiger partial charge in [0.1, 0.15) is 5.65 Å². The van der Waals surface area contributed by atoms with Crippen LogP contribution in [0.1, 0.15) is 36.5 Å². The Balaban J connectivity index is 1.42. The number of piperidine rings is 1. The third-order valence-electron chi connectivity index (χ3n) is 7.29. The van der Waals surface area contributed by atoms with E-state index in [9.17, 15) is 4.79 Å². The first-order valence-electron chi connectivity index (χ1n) is 13.8. The van der Waals surface area contributed by atoms with Crippen LogP contribution < -0.4 is 21.5 Å². The van der Waals surface area contributed by atoms with Crippen LogP contribution in [0.5, 0.6) is 0 Å². The molecular weight excluding hydrogens is 500 g/mol. The molecule has 4 aromatic rings. The molecule has 206 valence electrons. The van der Waals surface area contributed by atoms with Crippen molar-refractivity contribution in [3.63, 3.8) is 0 Å². The maximum absolute atomic E-state index is 13.5. The van der Waals surface area contributed by atoms with Crippen molar-refractivity contribution in [2.45, 2.75) is 38.8 Å². The van der Waals surface area contributed by atoms with Crippen LogP contribution in [-0.2, 0) is 13.0 Å². The number of nitrogens with one attached hydrogen (secondary N) is 3. The molecular formula is C31H36N8O. The number of anilines is 3. The Morgan fingerprint density at radius 3 is 2.58 bits per heavy atom. The number of pyridine rings is 2. The molecule has 0 amide bonds. The number of likely N-dealkylation sites (N-methyl/N-ethyl adjacent to an activating group) is 1. The van der Waals surface area contributed by atoms with Gasteiger partial charge < -0.3 is 20.9 Å². The summed E-state index contributed by atoms with van der Waals surface area (Å²) in [5, 5.41) is 10.9. The van der Waals surface area contributed by atoms with Gasteiger partial charge in [0.2, 0.25) is 5.95 Å². The van der Waals surface area contributed by atoms with E-state index in [1.807, 2.05) is 31.4 Å². The Bertz CT molecular complexity index is 1580. The lowest BCUT2D eigenvalue weighted by Crippen LogP contribution is -2.36. The molecule has 0 bridgehead atoms. The molecule has 1 fully saturated rings. The van der Waals surface area contributed by atoms with E-state index in [4.69, 9.17) is 4.98 Å². The van der Waals surface area contributed by atoms with Crippen LogP contribution in [0.25, 0.3) is 11.0 Å². The summed E-state index contributed by atoms with van der Waals surface area (Å²) in [5.41, 5.74) is 4.90. The van der Waals surface area contributed by atoms with Gasteiger partial charge in [-0.3, -0.25) is 14.3 Å². The topological polar surface area (TPSA) is 100 Å². The minimum Gasteiger partial charge on any atom is -0.382 e. The van der Waals surface area contributed by atoms with E-state index in [-0.39, 0.29) is 5.56 Å². The standard InChI is InChI=1S/C31H36N8O/c1-4-5-22-18-25-20-34-31(36-27-8-6-26(7-9-27)35-28-12-16-38(3)17-13-28)37-29(25)39(30(22)40)21-24-11-15-33-19-23(24)10-14-32-2/h6-9,11,15,18-20,28,32,35H,10,12-14,16-17,21H2,1-3H3,(H,34,36,37). The second-order valence-electron chi connectivity index (χ2n) is 10.2. The van der Waals surface area contributed by atoms with Gasteiger partial charge in [-0.05, 0) is 107 Å².